The van der Waals surface area contributed by atoms with E-state index in [0.29, 0.717) is 0 Å². The van der Waals surface area contributed by atoms with Gasteiger partial charge in [-0.15, -0.1) is 5.53 Å². The Kier molecular flexibility index (Phi) is 4.74. The average molecular weight is 433 g/mol. The molecular formula is C28H24N4O. The summed E-state index contributed by atoms with van der Waals surface area (Å²) < 4.78 is 8.31. The van der Waals surface area contributed by atoms with Crippen LogP contribution in [0.5, 0.6) is 11.5 Å². The SMILES string of the molecule is CCn1c2ccccc2c2cc(N3NNC=C3c3ccc(Oc4ccccc4)cc3)ccc21. The van der Waals surface area contributed by atoms with Gasteiger partial charge in [0.15, 0.2) is 0 Å². The smallest absolute Gasteiger partial charge is 0.127 e. The third kappa shape index (κ3) is 3.39. The first kappa shape index (κ1) is 19.5. The topological polar surface area (TPSA) is 41.5 Å². The Balaban J connectivity index is 1.33. The van der Waals surface area contributed by atoms with Crippen LogP contribution in [0.1, 0.15) is 12.5 Å². The van der Waals surface area contributed by atoms with E-state index in [1.807, 2.05) is 48.7 Å². The lowest BCUT2D eigenvalue weighted by atomic mass is 10.1. The number of para-hydroxylation sites is 2. The van der Waals surface area contributed by atoms with Gasteiger partial charge in [-0.3, -0.25) is 5.01 Å². The van der Waals surface area contributed by atoms with Crippen molar-refractivity contribution in [2.45, 2.75) is 13.5 Å². The number of hydrogen-bond donors (Lipinski definition) is 2. The number of nitrogens with one attached hydrogen (secondary N) is 2. The molecule has 1 aliphatic heterocycles. The van der Waals surface area contributed by atoms with E-state index in [2.05, 4.69) is 82.1 Å². The molecule has 0 atom stereocenters. The van der Waals surface area contributed by atoms with Crippen molar-refractivity contribution in [3.05, 3.63) is 109 Å². The van der Waals surface area contributed by atoms with Crippen LogP contribution >= 0.6 is 0 Å². The maximum Gasteiger partial charge on any atom is 0.127 e. The molecule has 0 spiro atoms. The van der Waals surface area contributed by atoms with Crippen molar-refractivity contribution in [1.82, 2.24) is 15.5 Å². The Morgan fingerprint density at radius 3 is 2.27 bits per heavy atom. The maximum absolute atomic E-state index is 5.94. The molecule has 2 heterocycles. The largest absolute Gasteiger partial charge is 0.457 e. The average Bonchev–Trinajstić information content (AvgIpc) is 3.48. The van der Waals surface area contributed by atoms with Crippen LogP contribution in [0.25, 0.3) is 27.5 Å². The first-order valence-electron chi connectivity index (χ1n) is 11.2. The van der Waals surface area contributed by atoms with E-state index < -0.39 is 0 Å². The highest BCUT2D eigenvalue weighted by Gasteiger charge is 2.20. The molecule has 2 N–H and O–H groups in total. The number of fused-ring (bicyclic) bond motifs is 3. The van der Waals surface area contributed by atoms with E-state index in [-0.39, 0.29) is 0 Å². The van der Waals surface area contributed by atoms with Gasteiger partial charge in [0.1, 0.15) is 11.5 Å². The van der Waals surface area contributed by atoms with Crippen LogP contribution in [0.4, 0.5) is 5.69 Å². The van der Waals surface area contributed by atoms with Crippen molar-refractivity contribution in [2.75, 3.05) is 5.01 Å². The van der Waals surface area contributed by atoms with Crippen LogP contribution in [0.15, 0.2) is 103 Å². The number of ether oxygens (including phenoxy) is 1. The highest BCUT2D eigenvalue weighted by Crippen LogP contribution is 2.34. The van der Waals surface area contributed by atoms with Gasteiger partial charge in [0.2, 0.25) is 0 Å². The Hall–Kier alpha value is -4.22. The van der Waals surface area contributed by atoms with Gasteiger partial charge in [-0.05, 0) is 67.6 Å². The lowest BCUT2D eigenvalue weighted by Gasteiger charge is -2.22. The molecule has 0 fully saturated rings. The highest BCUT2D eigenvalue weighted by atomic mass is 16.5. The molecule has 162 valence electrons. The lowest BCUT2D eigenvalue weighted by molar-refractivity contribution is 0.482. The number of anilines is 1. The molecule has 0 radical (unpaired) electrons. The number of aromatic nitrogens is 1. The zero-order valence-corrected chi connectivity index (χ0v) is 18.3. The molecular weight excluding hydrogens is 408 g/mol. The van der Waals surface area contributed by atoms with Gasteiger partial charge < -0.3 is 14.7 Å². The van der Waals surface area contributed by atoms with Crippen LogP contribution in [-0.2, 0) is 6.54 Å². The molecule has 1 aromatic heterocycles. The molecule has 5 heteroatoms. The number of hydrazine groups is 2. The fraction of sp³-hybridized carbons (Fsp3) is 0.0714. The third-order valence-electron chi connectivity index (χ3n) is 6.09. The summed E-state index contributed by atoms with van der Waals surface area (Å²) in [4.78, 5) is 0. The molecule has 0 aliphatic carbocycles. The predicted molar refractivity (Wildman–Crippen MR) is 135 cm³/mol. The maximum atomic E-state index is 5.94. The second kappa shape index (κ2) is 8.04. The van der Waals surface area contributed by atoms with Gasteiger partial charge >= 0.3 is 0 Å². The monoisotopic (exact) mass is 432 g/mol. The van der Waals surface area contributed by atoms with Crippen LogP contribution < -0.4 is 20.7 Å². The van der Waals surface area contributed by atoms with E-state index in [9.17, 15) is 0 Å². The highest BCUT2D eigenvalue weighted by molar-refractivity contribution is 6.09. The molecule has 4 aromatic carbocycles. The zero-order chi connectivity index (χ0) is 22.2. The van der Waals surface area contributed by atoms with E-state index in [0.717, 1.165) is 35.0 Å². The molecule has 33 heavy (non-hydrogen) atoms. The second-order valence-electron chi connectivity index (χ2n) is 8.02. The van der Waals surface area contributed by atoms with Gasteiger partial charge in [0.05, 0.1) is 11.4 Å². The Bertz CT molecular complexity index is 1470. The van der Waals surface area contributed by atoms with Crippen LogP contribution in [0.3, 0.4) is 0 Å². The predicted octanol–water partition coefficient (Wildman–Crippen LogP) is 6.43. The van der Waals surface area contributed by atoms with Gasteiger partial charge in [0.25, 0.3) is 0 Å². The molecule has 0 saturated heterocycles. The molecule has 0 unspecified atom stereocenters. The summed E-state index contributed by atoms with van der Waals surface area (Å²) in [6.45, 7) is 3.13. The number of rotatable bonds is 5. The summed E-state index contributed by atoms with van der Waals surface area (Å²) in [5.74, 6) is 1.64. The van der Waals surface area contributed by atoms with Crippen molar-refractivity contribution >= 4 is 33.2 Å². The third-order valence-corrected chi connectivity index (χ3v) is 6.09. The summed E-state index contributed by atoms with van der Waals surface area (Å²) in [7, 11) is 0. The summed E-state index contributed by atoms with van der Waals surface area (Å²) >= 11 is 0. The number of benzene rings is 4. The standard InChI is InChI=1S/C28H24N4O/c1-2-31-26-11-7-6-10-24(26)25-18-21(14-17-27(25)31)32-28(19-29-30-32)20-12-15-23(16-13-20)33-22-8-4-3-5-9-22/h3-19,29-30H,2H2,1H3. The normalized spacial score (nSPS) is 13.4. The van der Waals surface area contributed by atoms with E-state index in [4.69, 9.17) is 4.74 Å². The fourth-order valence-corrected chi connectivity index (χ4v) is 4.55. The summed E-state index contributed by atoms with van der Waals surface area (Å²) in [5.41, 5.74) is 12.1. The van der Waals surface area contributed by atoms with Crippen LogP contribution in [0.2, 0.25) is 0 Å². The lowest BCUT2D eigenvalue weighted by Crippen LogP contribution is -2.37. The summed E-state index contributed by atoms with van der Waals surface area (Å²) in [5, 5.41) is 4.60. The number of hydrogen-bond acceptors (Lipinski definition) is 4. The van der Waals surface area contributed by atoms with Gasteiger partial charge in [-0.2, -0.15) is 0 Å². The fourth-order valence-electron chi connectivity index (χ4n) is 4.55. The summed E-state index contributed by atoms with van der Waals surface area (Å²) in [6, 6.07) is 33.2. The minimum absolute atomic E-state index is 0.810. The minimum Gasteiger partial charge on any atom is -0.457 e. The Labute approximate surface area is 192 Å². The molecule has 0 amide bonds. The van der Waals surface area contributed by atoms with Crippen molar-refractivity contribution in [3.63, 3.8) is 0 Å². The first-order valence-corrected chi connectivity index (χ1v) is 11.2. The molecule has 5 nitrogen and oxygen atoms in total. The van der Waals surface area contributed by atoms with E-state index >= 15 is 0 Å². The zero-order valence-electron chi connectivity index (χ0n) is 18.3. The first-order chi connectivity index (χ1) is 16.3. The number of aryl methyl sites for hydroxylation is 1. The van der Waals surface area contributed by atoms with E-state index in [1.54, 1.807) is 0 Å². The van der Waals surface area contributed by atoms with Crippen molar-refractivity contribution in [1.29, 1.82) is 0 Å². The molecule has 5 aromatic rings. The molecule has 0 bridgehead atoms. The Morgan fingerprint density at radius 1 is 0.727 bits per heavy atom. The van der Waals surface area contributed by atoms with Crippen molar-refractivity contribution < 1.29 is 4.74 Å². The Morgan fingerprint density at radius 2 is 1.45 bits per heavy atom. The quantitative estimate of drug-likeness (QED) is 0.336. The molecule has 6 rings (SSSR count). The molecule has 1 aliphatic rings. The van der Waals surface area contributed by atoms with Crippen LogP contribution in [-0.4, -0.2) is 4.57 Å². The van der Waals surface area contributed by atoms with Crippen molar-refractivity contribution in [2.24, 2.45) is 0 Å². The molecule has 0 saturated carbocycles. The second-order valence-corrected chi connectivity index (χ2v) is 8.02. The van der Waals surface area contributed by atoms with Crippen molar-refractivity contribution in [3.8, 4) is 11.5 Å². The van der Waals surface area contributed by atoms with Crippen LogP contribution in [0, 0.1) is 0 Å². The summed E-state index contributed by atoms with van der Waals surface area (Å²) in [6.07, 6.45) is 1.98. The minimum atomic E-state index is 0.810. The van der Waals surface area contributed by atoms with Gasteiger partial charge in [-0.1, -0.05) is 36.4 Å². The van der Waals surface area contributed by atoms with E-state index in [1.165, 1.54) is 21.8 Å². The van der Waals surface area contributed by atoms with Gasteiger partial charge in [-0.25, -0.2) is 0 Å². The number of nitrogens with zero attached hydrogens (tertiary/aromatic N) is 2. The van der Waals surface area contributed by atoms with Gasteiger partial charge in [0, 0.05) is 40.1 Å².